The van der Waals surface area contributed by atoms with Crippen molar-refractivity contribution in [1.82, 2.24) is 0 Å². The molecule has 0 saturated carbocycles. The Hall–Kier alpha value is -0.851. The molecule has 2 aliphatic heterocycles. The Kier molecular flexibility index (Phi) is 6.16. The fourth-order valence-electron chi connectivity index (χ4n) is 3.73. The second-order valence-electron chi connectivity index (χ2n) is 7.61. The number of fused-ring (bicyclic) bond motifs is 1. The first-order valence-corrected chi connectivity index (χ1v) is 13.5. The van der Waals surface area contributed by atoms with Gasteiger partial charge in [0.25, 0.3) is 0 Å². The van der Waals surface area contributed by atoms with E-state index in [0.717, 1.165) is 10.6 Å². The van der Waals surface area contributed by atoms with Crippen molar-refractivity contribution in [2.24, 2.45) is 0 Å². The quantitative estimate of drug-likeness (QED) is 0.476. The van der Waals surface area contributed by atoms with Crippen LogP contribution < -0.4 is 10.6 Å². The van der Waals surface area contributed by atoms with Gasteiger partial charge in [-0.2, -0.15) is 0 Å². The number of hydrogen-bond acceptors (Lipinski definition) is 6. The summed E-state index contributed by atoms with van der Waals surface area (Å²) in [6.07, 6.45) is -3.69. The van der Waals surface area contributed by atoms with Gasteiger partial charge in [-0.1, -0.05) is 0 Å². The fourth-order valence-corrected chi connectivity index (χ4v) is 8.14. The molecule has 2 aromatic carbocycles. The van der Waals surface area contributed by atoms with E-state index in [1.165, 1.54) is 0 Å². The van der Waals surface area contributed by atoms with E-state index in [1.807, 2.05) is 74.5 Å². The minimum atomic E-state index is -2.44. The number of ether oxygens (including phenoxy) is 3. The van der Waals surface area contributed by atoms with Crippen molar-refractivity contribution in [2.45, 2.75) is 50.3 Å². The SMILES string of the molecule is CC1(C)O[C@H]2O[C@H]([C@H](O)CO)[C@H](OP(=[Se])(c3ccccc3)c3ccccc3)[C@H]2O1. The van der Waals surface area contributed by atoms with Crippen LogP contribution in [0.4, 0.5) is 0 Å². The molecule has 2 heterocycles. The monoisotopic (exact) mass is 484 g/mol. The summed E-state index contributed by atoms with van der Waals surface area (Å²) in [7, 11) is 0. The van der Waals surface area contributed by atoms with Gasteiger partial charge in [-0.25, -0.2) is 0 Å². The molecule has 156 valence electrons. The normalized spacial score (nSPS) is 29.5. The van der Waals surface area contributed by atoms with Gasteiger partial charge in [0.05, 0.1) is 0 Å². The summed E-state index contributed by atoms with van der Waals surface area (Å²) in [5.41, 5.74) is -2.44. The van der Waals surface area contributed by atoms with Crippen molar-refractivity contribution < 1.29 is 28.9 Å². The Morgan fingerprint density at radius 3 is 2.10 bits per heavy atom. The van der Waals surface area contributed by atoms with Gasteiger partial charge in [0.2, 0.25) is 0 Å². The van der Waals surface area contributed by atoms with Crippen LogP contribution in [0.1, 0.15) is 13.8 Å². The molecular formula is C21H25O6PSe. The first-order chi connectivity index (χ1) is 13.8. The van der Waals surface area contributed by atoms with Crippen LogP contribution in [-0.4, -0.2) is 68.4 Å². The van der Waals surface area contributed by atoms with Gasteiger partial charge in [0.15, 0.2) is 0 Å². The molecule has 8 heteroatoms. The van der Waals surface area contributed by atoms with E-state index in [9.17, 15) is 10.2 Å². The number of aliphatic hydroxyl groups is 2. The van der Waals surface area contributed by atoms with Crippen LogP contribution in [-0.2, 0) is 18.7 Å². The van der Waals surface area contributed by atoms with Crippen molar-refractivity contribution >= 4 is 31.4 Å². The van der Waals surface area contributed by atoms with Crippen molar-refractivity contribution in [3.63, 3.8) is 0 Å². The Balaban J connectivity index is 1.74. The topological polar surface area (TPSA) is 77.4 Å². The number of rotatable bonds is 6. The van der Waals surface area contributed by atoms with Gasteiger partial charge < -0.3 is 0 Å². The molecule has 0 bridgehead atoms. The molecule has 0 aliphatic carbocycles. The zero-order chi connectivity index (χ0) is 20.6. The second kappa shape index (κ2) is 8.35. The standard InChI is InChI=1S/C21H25O6PSe/c1-21(2)25-19-18(17(16(23)13-22)24-20(19)26-21)27-28(29,14-9-5-3-6-10-14)15-11-7-4-8-12-15/h3-12,16-20,22-23H,13H2,1-2H3/t16-,17-,18+,19-,20-/m1/s1. The molecule has 2 saturated heterocycles. The summed E-state index contributed by atoms with van der Waals surface area (Å²) >= 11 is 3.32. The van der Waals surface area contributed by atoms with Crippen LogP contribution in [0.15, 0.2) is 60.7 Å². The van der Waals surface area contributed by atoms with E-state index >= 15 is 0 Å². The molecule has 6 nitrogen and oxygen atoms in total. The van der Waals surface area contributed by atoms with Crippen LogP contribution in [0.2, 0.25) is 0 Å². The molecule has 0 spiro atoms. The van der Waals surface area contributed by atoms with E-state index in [1.54, 1.807) is 0 Å². The molecule has 4 rings (SSSR count). The Morgan fingerprint density at radius 1 is 1.03 bits per heavy atom. The van der Waals surface area contributed by atoms with Gasteiger partial charge in [0.1, 0.15) is 0 Å². The molecule has 2 aromatic rings. The average molecular weight is 483 g/mol. The molecule has 2 fully saturated rings. The van der Waals surface area contributed by atoms with Crippen LogP contribution in [0.25, 0.3) is 0 Å². The van der Waals surface area contributed by atoms with E-state index in [0.29, 0.717) is 0 Å². The second-order valence-corrected chi connectivity index (χ2v) is 13.2. The molecule has 0 aromatic heterocycles. The van der Waals surface area contributed by atoms with Crippen molar-refractivity contribution in [3.05, 3.63) is 60.7 Å². The zero-order valence-electron chi connectivity index (χ0n) is 16.3. The van der Waals surface area contributed by atoms with E-state index in [-0.39, 0.29) is 0 Å². The summed E-state index contributed by atoms with van der Waals surface area (Å²) in [5.74, 6) is -0.815. The molecule has 0 amide bonds. The molecule has 2 aliphatic rings. The predicted octanol–water partition coefficient (Wildman–Crippen LogP) is 1.27. The summed E-state index contributed by atoms with van der Waals surface area (Å²) in [6.45, 7) is 3.19. The van der Waals surface area contributed by atoms with Crippen molar-refractivity contribution in [1.29, 1.82) is 0 Å². The molecule has 29 heavy (non-hydrogen) atoms. The first kappa shape index (κ1) is 21.4. The molecule has 2 N–H and O–H groups in total. The average Bonchev–Trinajstić information content (AvgIpc) is 3.21. The van der Waals surface area contributed by atoms with Gasteiger partial charge in [0, 0.05) is 0 Å². The van der Waals surface area contributed by atoms with Gasteiger partial charge in [-0.15, -0.1) is 0 Å². The third-order valence-electron chi connectivity index (χ3n) is 5.06. The Bertz CT molecular complexity index is 834. The summed E-state index contributed by atoms with van der Waals surface area (Å²) in [4.78, 5) is 0. The maximum atomic E-state index is 10.4. The van der Waals surface area contributed by atoms with Crippen molar-refractivity contribution in [2.75, 3.05) is 6.61 Å². The number of hydrogen-bond donors (Lipinski definition) is 2. The minimum absolute atomic E-state index is 0.442. The van der Waals surface area contributed by atoms with Crippen LogP contribution in [0.5, 0.6) is 0 Å². The van der Waals surface area contributed by atoms with Crippen LogP contribution in [0.3, 0.4) is 0 Å². The zero-order valence-corrected chi connectivity index (χ0v) is 18.9. The van der Waals surface area contributed by atoms with Gasteiger partial charge in [-0.05, 0) is 0 Å². The number of benzene rings is 2. The Morgan fingerprint density at radius 2 is 1.59 bits per heavy atom. The molecule has 0 radical (unpaired) electrons. The van der Waals surface area contributed by atoms with E-state index < -0.39 is 48.8 Å². The maximum absolute atomic E-state index is 10.4. The van der Waals surface area contributed by atoms with E-state index in [2.05, 4.69) is 15.1 Å². The first-order valence-electron chi connectivity index (χ1n) is 9.54. The third-order valence-corrected chi connectivity index (χ3v) is 10.7. The Labute approximate surface area is 178 Å². The molecular weight excluding hydrogens is 458 g/mol. The van der Waals surface area contributed by atoms with Gasteiger partial charge >= 0.3 is 178 Å². The van der Waals surface area contributed by atoms with Crippen LogP contribution in [0, 0.1) is 0 Å². The summed E-state index contributed by atoms with van der Waals surface area (Å²) in [5, 5.41) is 22.0. The molecule has 5 atom stereocenters. The molecule has 0 unspecified atom stereocenters. The van der Waals surface area contributed by atoms with Gasteiger partial charge in [-0.3, -0.25) is 0 Å². The van der Waals surface area contributed by atoms with E-state index in [4.69, 9.17) is 18.7 Å². The summed E-state index contributed by atoms with van der Waals surface area (Å²) < 4.78 is 24.6. The predicted molar refractivity (Wildman–Crippen MR) is 111 cm³/mol. The van der Waals surface area contributed by atoms with Crippen LogP contribution >= 0.6 is 5.74 Å². The third kappa shape index (κ3) is 4.17. The van der Waals surface area contributed by atoms with Crippen molar-refractivity contribution in [3.8, 4) is 0 Å². The fraction of sp³-hybridized carbons (Fsp3) is 0.429. The number of aliphatic hydroxyl groups excluding tert-OH is 2. The summed E-state index contributed by atoms with van der Waals surface area (Å²) in [6, 6.07) is 19.9.